The first-order chi connectivity index (χ1) is 16.8. The van der Waals surface area contributed by atoms with Crippen LogP contribution in [0.25, 0.3) is 0 Å². The maximum atomic E-state index is 13.1. The fourth-order valence-electron chi connectivity index (χ4n) is 3.34. The second-order valence-electron chi connectivity index (χ2n) is 7.87. The summed E-state index contributed by atoms with van der Waals surface area (Å²) in [6.07, 6.45) is -1.20. The molecule has 0 spiro atoms. The van der Waals surface area contributed by atoms with E-state index in [1.165, 1.54) is 26.4 Å². The van der Waals surface area contributed by atoms with E-state index in [-0.39, 0.29) is 5.56 Å². The van der Waals surface area contributed by atoms with Crippen LogP contribution in [0.3, 0.4) is 0 Å². The van der Waals surface area contributed by atoms with E-state index in [0.29, 0.717) is 22.7 Å². The molecular formula is C27H28N2O6. The lowest BCUT2D eigenvalue weighted by atomic mass is 10.1. The van der Waals surface area contributed by atoms with E-state index in [2.05, 4.69) is 10.6 Å². The SMILES string of the molecule is COc1cc(OC)cc(C(=O)NCC(=O)O[C@@H](C(=O)Nc2cc(C)ccc2C)c2ccccc2)c1. The van der Waals surface area contributed by atoms with Gasteiger partial charge in [-0.05, 0) is 43.2 Å². The first-order valence-electron chi connectivity index (χ1n) is 10.9. The van der Waals surface area contributed by atoms with Crippen molar-refractivity contribution >= 4 is 23.5 Å². The van der Waals surface area contributed by atoms with Gasteiger partial charge in [-0.1, -0.05) is 42.5 Å². The second-order valence-corrected chi connectivity index (χ2v) is 7.87. The molecule has 0 fully saturated rings. The fraction of sp³-hybridized carbons (Fsp3) is 0.222. The van der Waals surface area contributed by atoms with Crippen molar-refractivity contribution < 1.29 is 28.6 Å². The van der Waals surface area contributed by atoms with E-state index in [1.54, 1.807) is 36.4 Å². The van der Waals surface area contributed by atoms with Crippen molar-refractivity contribution in [2.75, 3.05) is 26.1 Å². The van der Waals surface area contributed by atoms with Gasteiger partial charge in [-0.3, -0.25) is 14.4 Å². The smallest absolute Gasteiger partial charge is 0.326 e. The Kier molecular flexibility index (Phi) is 8.45. The van der Waals surface area contributed by atoms with Crippen molar-refractivity contribution in [2.45, 2.75) is 20.0 Å². The molecule has 0 saturated carbocycles. The van der Waals surface area contributed by atoms with Crippen LogP contribution >= 0.6 is 0 Å². The summed E-state index contributed by atoms with van der Waals surface area (Å²) >= 11 is 0. The lowest BCUT2D eigenvalue weighted by molar-refractivity contribution is -0.153. The summed E-state index contributed by atoms with van der Waals surface area (Å²) in [6, 6.07) is 19.1. The van der Waals surface area contributed by atoms with Crippen LogP contribution in [0.2, 0.25) is 0 Å². The largest absolute Gasteiger partial charge is 0.497 e. The highest BCUT2D eigenvalue weighted by molar-refractivity contribution is 5.98. The molecule has 3 aromatic carbocycles. The Morgan fingerprint density at radius 1 is 0.857 bits per heavy atom. The summed E-state index contributed by atoms with van der Waals surface area (Å²) in [5.41, 5.74) is 3.25. The predicted molar refractivity (Wildman–Crippen MR) is 132 cm³/mol. The molecule has 35 heavy (non-hydrogen) atoms. The van der Waals surface area contributed by atoms with Gasteiger partial charge < -0.3 is 24.8 Å². The highest BCUT2D eigenvalue weighted by atomic mass is 16.5. The van der Waals surface area contributed by atoms with Crippen molar-refractivity contribution in [3.63, 3.8) is 0 Å². The maximum Gasteiger partial charge on any atom is 0.326 e. The van der Waals surface area contributed by atoms with Gasteiger partial charge in [0.05, 0.1) is 14.2 Å². The molecule has 8 heteroatoms. The third kappa shape index (κ3) is 6.83. The van der Waals surface area contributed by atoms with Crippen LogP contribution in [-0.4, -0.2) is 38.5 Å². The summed E-state index contributed by atoms with van der Waals surface area (Å²) in [6.45, 7) is 3.37. The van der Waals surface area contributed by atoms with E-state index in [1.807, 2.05) is 32.0 Å². The van der Waals surface area contributed by atoms with E-state index >= 15 is 0 Å². The summed E-state index contributed by atoms with van der Waals surface area (Å²) in [4.78, 5) is 38.3. The van der Waals surface area contributed by atoms with Gasteiger partial charge >= 0.3 is 5.97 Å². The lowest BCUT2D eigenvalue weighted by Gasteiger charge is -2.19. The topological polar surface area (TPSA) is 103 Å². The molecule has 0 bridgehead atoms. The number of hydrogen-bond acceptors (Lipinski definition) is 6. The molecule has 0 unspecified atom stereocenters. The first kappa shape index (κ1) is 25.3. The molecule has 0 aromatic heterocycles. The third-order valence-electron chi connectivity index (χ3n) is 5.25. The number of carbonyl (C=O) groups is 3. The summed E-state index contributed by atoms with van der Waals surface area (Å²) in [7, 11) is 2.95. The standard InChI is InChI=1S/C27H28N2O6/c1-17-10-11-18(2)23(12-17)29-27(32)25(19-8-6-5-7-9-19)35-24(30)16-28-26(31)20-13-21(33-3)15-22(14-20)34-4/h5-15,25H,16H2,1-4H3,(H,28,31)(H,29,32)/t25-/m1/s1. The van der Waals surface area contributed by atoms with Crippen LogP contribution in [0.15, 0.2) is 66.7 Å². The average molecular weight is 477 g/mol. The molecule has 1 atom stereocenters. The minimum Gasteiger partial charge on any atom is -0.497 e. The van der Waals surface area contributed by atoms with E-state index in [0.717, 1.165) is 11.1 Å². The van der Waals surface area contributed by atoms with Crippen LogP contribution in [0.1, 0.15) is 33.2 Å². The minimum absolute atomic E-state index is 0.251. The van der Waals surface area contributed by atoms with Crippen LogP contribution in [0, 0.1) is 13.8 Å². The molecule has 3 rings (SSSR count). The molecule has 2 amide bonds. The summed E-state index contributed by atoms with van der Waals surface area (Å²) in [5.74, 6) is -0.913. The van der Waals surface area contributed by atoms with Gasteiger partial charge in [0.2, 0.25) is 6.10 Å². The molecule has 0 aliphatic rings. The number of nitrogens with one attached hydrogen (secondary N) is 2. The summed E-state index contributed by atoms with van der Waals surface area (Å²) in [5, 5.41) is 5.35. The van der Waals surface area contributed by atoms with E-state index in [4.69, 9.17) is 14.2 Å². The Morgan fingerprint density at radius 2 is 1.51 bits per heavy atom. The van der Waals surface area contributed by atoms with Crippen molar-refractivity contribution in [1.82, 2.24) is 5.32 Å². The lowest BCUT2D eigenvalue weighted by Crippen LogP contribution is -2.33. The van der Waals surface area contributed by atoms with Crippen molar-refractivity contribution in [1.29, 1.82) is 0 Å². The zero-order valence-electron chi connectivity index (χ0n) is 20.1. The Morgan fingerprint density at radius 3 is 2.14 bits per heavy atom. The highest BCUT2D eigenvalue weighted by Crippen LogP contribution is 2.24. The number of esters is 1. The number of anilines is 1. The van der Waals surface area contributed by atoms with Crippen LogP contribution in [-0.2, 0) is 14.3 Å². The van der Waals surface area contributed by atoms with Gasteiger partial charge in [-0.2, -0.15) is 0 Å². The van der Waals surface area contributed by atoms with Crippen molar-refractivity contribution in [2.24, 2.45) is 0 Å². The Hall–Kier alpha value is -4.33. The monoisotopic (exact) mass is 476 g/mol. The van der Waals surface area contributed by atoms with Crippen LogP contribution in [0.5, 0.6) is 11.5 Å². The second kappa shape index (κ2) is 11.7. The molecule has 0 radical (unpaired) electrons. The molecule has 182 valence electrons. The van der Waals surface area contributed by atoms with E-state index in [9.17, 15) is 14.4 Å². The number of hydrogen-bond donors (Lipinski definition) is 2. The predicted octanol–water partition coefficient (Wildman–Crippen LogP) is 3.97. The van der Waals surface area contributed by atoms with Gasteiger partial charge in [0.15, 0.2) is 0 Å². The molecule has 3 aromatic rings. The molecule has 2 N–H and O–H groups in total. The number of benzene rings is 3. The molecular weight excluding hydrogens is 448 g/mol. The van der Waals surface area contributed by atoms with Gasteiger partial charge in [-0.25, -0.2) is 0 Å². The molecule has 0 aliphatic carbocycles. The van der Waals surface area contributed by atoms with Gasteiger partial charge in [-0.15, -0.1) is 0 Å². The van der Waals surface area contributed by atoms with Gasteiger partial charge in [0.25, 0.3) is 11.8 Å². The van der Waals surface area contributed by atoms with Crippen LogP contribution < -0.4 is 20.1 Å². The minimum atomic E-state index is -1.20. The number of carbonyl (C=O) groups excluding carboxylic acids is 3. The normalized spacial score (nSPS) is 11.2. The van der Waals surface area contributed by atoms with Gasteiger partial charge in [0, 0.05) is 22.9 Å². The number of amides is 2. The van der Waals surface area contributed by atoms with Crippen LogP contribution in [0.4, 0.5) is 5.69 Å². The number of ether oxygens (including phenoxy) is 3. The Labute approximate surface area is 204 Å². The zero-order chi connectivity index (χ0) is 25.4. The molecule has 0 heterocycles. The maximum absolute atomic E-state index is 13.1. The number of methoxy groups -OCH3 is 2. The Balaban J connectivity index is 1.71. The molecule has 8 nitrogen and oxygen atoms in total. The van der Waals surface area contributed by atoms with Crippen molar-refractivity contribution in [3.8, 4) is 11.5 Å². The zero-order valence-corrected chi connectivity index (χ0v) is 20.1. The molecule has 0 aliphatic heterocycles. The highest BCUT2D eigenvalue weighted by Gasteiger charge is 2.26. The quantitative estimate of drug-likeness (QED) is 0.453. The molecule has 0 saturated heterocycles. The third-order valence-corrected chi connectivity index (χ3v) is 5.25. The van der Waals surface area contributed by atoms with Gasteiger partial charge in [0.1, 0.15) is 18.0 Å². The van der Waals surface area contributed by atoms with Crippen molar-refractivity contribution in [3.05, 3.63) is 89.0 Å². The fourth-order valence-corrected chi connectivity index (χ4v) is 3.34. The van der Waals surface area contributed by atoms with E-state index < -0.39 is 30.4 Å². The number of rotatable bonds is 9. The average Bonchev–Trinajstić information content (AvgIpc) is 2.87. The Bertz CT molecular complexity index is 1190. The summed E-state index contributed by atoms with van der Waals surface area (Å²) < 4.78 is 15.8. The number of aryl methyl sites for hydroxylation is 2. The first-order valence-corrected chi connectivity index (χ1v) is 10.9.